The molecule has 156 valence electrons. The topological polar surface area (TPSA) is 103 Å². The summed E-state index contributed by atoms with van der Waals surface area (Å²) in [6, 6.07) is 6.52. The lowest BCUT2D eigenvalue weighted by atomic mass is 10.2. The van der Waals surface area contributed by atoms with E-state index in [1.54, 1.807) is 0 Å². The molecule has 3 rings (SSSR count). The second-order valence-corrected chi connectivity index (χ2v) is 7.95. The highest BCUT2D eigenvalue weighted by molar-refractivity contribution is 7.89. The van der Waals surface area contributed by atoms with Crippen molar-refractivity contribution in [1.29, 1.82) is 0 Å². The minimum atomic E-state index is -4.05. The highest BCUT2D eigenvalue weighted by atomic mass is 35.5. The second kappa shape index (κ2) is 8.39. The van der Waals surface area contributed by atoms with Crippen molar-refractivity contribution in [3.8, 4) is 17.2 Å². The first-order valence-corrected chi connectivity index (χ1v) is 9.93. The number of carbonyl (C=O) groups is 1. The zero-order valence-electron chi connectivity index (χ0n) is 14.9. The van der Waals surface area contributed by atoms with Gasteiger partial charge in [0.25, 0.3) is 5.91 Å². The number of nitrogens with one attached hydrogen (secondary N) is 2. The van der Waals surface area contributed by atoms with Crippen molar-refractivity contribution >= 4 is 33.2 Å². The lowest BCUT2D eigenvalue weighted by Crippen LogP contribution is -2.27. The average Bonchev–Trinajstić information content (AvgIpc) is 2.66. The molecule has 0 aliphatic carbocycles. The van der Waals surface area contributed by atoms with Gasteiger partial charge in [-0.3, -0.25) is 4.79 Å². The van der Waals surface area contributed by atoms with Crippen LogP contribution in [0.5, 0.6) is 17.2 Å². The Labute approximate surface area is 169 Å². The molecular formula is C17H15ClF2N2O6S. The van der Waals surface area contributed by atoms with Gasteiger partial charge in [0.1, 0.15) is 10.6 Å². The molecule has 0 fully saturated rings. The van der Waals surface area contributed by atoms with Gasteiger partial charge in [-0.25, -0.2) is 13.1 Å². The Morgan fingerprint density at radius 3 is 2.72 bits per heavy atom. The van der Waals surface area contributed by atoms with Crippen LogP contribution in [-0.4, -0.2) is 34.7 Å². The summed E-state index contributed by atoms with van der Waals surface area (Å²) in [6.45, 7) is -3.43. The number of sulfonamides is 1. The molecule has 0 unspecified atom stereocenters. The summed E-state index contributed by atoms with van der Waals surface area (Å²) in [5, 5.41) is 2.42. The second-order valence-electron chi connectivity index (χ2n) is 5.80. The van der Waals surface area contributed by atoms with Crippen molar-refractivity contribution in [3.05, 3.63) is 40.9 Å². The maximum absolute atomic E-state index is 12.6. The molecule has 0 bridgehead atoms. The number of rotatable bonds is 7. The van der Waals surface area contributed by atoms with Crippen LogP contribution in [0.2, 0.25) is 5.02 Å². The molecule has 1 aliphatic rings. The smallest absolute Gasteiger partial charge is 0.387 e. The minimum Gasteiger partial charge on any atom is -0.493 e. The summed E-state index contributed by atoms with van der Waals surface area (Å²) in [5.41, 5.74) is 0.703. The Morgan fingerprint density at radius 2 is 2.03 bits per heavy atom. The maximum atomic E-state index is 12.6. The van der Waals surface area contributed by atoms with Gasteiger partial charge in [-0.1, -0.05) is 17.7 Å². The third-order valence-electron chi connectivity index (χ3n) is 3.87. The molecule has 0 saturated carbocycles. The van der Waals surface area contributed by atoms with Crippen molar-refractivity contribution in [2.24, 2.45) is 0 Å². The Morgan fingerprint density at radius 1 is 1.28 bits per heavy atom. The normalized spacial score (nSPS) is 13.5. The first kappa shape index (κ1) is 21.1. The number of hydrogen-bond donors (Lipinski definition) is 2. The van der Waals surface area contributed by atoms with Gasteiger partial charge in [0.15, 0.2) is 18.1 Å². The molecule has 0 radical (unpaired) electrons. The highest BCUT2D eigenvalue weighted by Crippen LogP contribution is 2.36. The molecule has 0 aromatic heterocycles. The SMILES string of the molecule is COc1cc(CNS(=O)(=O)c2cc3c(cc2Cl)NC(=O)CO3)ccc1OC(F)F. The van der Waals surface area contributed by atoms with Crippen molar-refractivity contribution in [3.63, 3.8) is 0 Å². The molecule has 1 heterocycles. The van der Waals surface area contributed by atoms with Crippen LogP contribution in [0.15, 0.2) is 35.2 Å². The molecule has 1 amide bonds. The van der Waals surface area contributed by atoms with Crippen LogP contribution in [0.1, 0.15) is 5.56 Å². The van der Waals surface area contributed by atoms with E-state index < -0.39 is 16.6 Å². The van der Waals surface area contributed by atoms with Gasteiger partial charge < -0.3 is 19.5 Å². The summed E-state index contributed by atoms with van der Waals surface area (Å²) >= 11 is 6.06. The quantitative estimate of drug-likeness (QED) is 0.675. The molecule has 1 aliphatic heterocycles. The third kappa shape index (κ3) is 4.86. The van der Waals surface area contributed by atoms with Gasteiger partial charge in [-0.05, 0) is 23.8 Å². The van der Waals surface area contributed by atoms with E-state index in [1.807, 2.05) is 0 Å². The fourth-order valence-electron chi connectivity index (χ4n) is 2.56. The molecule has 2 aromatic rings. The van der Waals surface area contributed by atoms with Crippen molar-refractivity contribution in [1.82, 2.24) is 4.72 Å². The monoisotopic (exact) mass is 448 g/mol. The van der Waals surface area contributed by atoms with Crippen LogP contribution in [-0.2, 0) is 21.4 Å². The van der Waals surface area contributed by atoms with Crippen LogP contribution < -0.4 is 24.2 Å². The van der Waals surface area contributed by atoms with E-state index in [-0.39, 0.29) is 51.9 Å². The largest absolute Gasteiger partial charge is 0.493 e. The van der Waals surface area contributed by atoms with Crippen LogP contribution in [0.4, 0.5) is 14.5 Å². The molecule has 0 saturated heterocycles. The highest BCUT2D eigenvalue weighted by Gasteiger charge is 2.24. The number of amides is 1. The van der Waals surface area contributed by atoms with Gasteiger partial charge in [-0.2, -0.15) is 8.78 Å². The number of alkyl halides is 2. The lowest BCUT2D eigenvalue weighted by molar-refractivity contribution is -0.118. The van der Waals surface area contributed by atoms with E-state index >= 15 is 0 Å². The van der Waals surface area contributed by atoms with Crippen LogP contribution in [0.3, 0.4) is 0 Å². The van der Waals surface area contributed by atoms with Crippen molar-refractivity contribution in [2.75, 3.05) is 19.0 Å². The lowest BCUT2D eigenvalue weighted by Gasteiger charge is -2.19. The van der Waals surface area contributed by atoms with Crippen LogP contribution in [0.25, 0.3) is 0 Å². The van der Waals surface area contributed by atoms with Crippen LogP contribution >= 0.6 is 11.6 Å². The zero-order valence-corrected chi connectivity index (χ0v) is 16.4. The summed E-state index contributed by atoms with van der Waals surface area (Å²) in [7, 11) is -2.78. The van der Waals surface area contributed by atoms with Gasteiger partial charge in [-0.15, -0.1) is 0 Å². The van der Waals surface area contributed by atoms with E-state index in [9.17, 15) is 22.0 Å². The Balaban J connectivity index is 1.79. The standard InChI is InChI=1S/C17H15ClF2N2O6S/c1-26-14-4-9(2-3-12(14)28-17(19)20)7-21-29(24,25)15-6-13-11(5-10(15)18)22-16(23)8-27-13/h2-6,17,21H,7-8H2,1H3,(H,22,23). The van der Waals surface area contributed by atoms with E-state index in [2.05, 4.69) is 14.8 Å². The van der Waals surface area contributed by atoms with Crippen molar-refractivity contribution in [2.45, 2.75) is 18.1 Å². The number of hydrogen-bond acceptors (Lipinski definition) is 6. The van der Waals surface area contributed by atoms with Gasteiger partial charge in [0, 0.05) is 12.6 Å². The minimum absolute atomic E-state index is 0.0259. The van der Waals surface area contributed by atoms with Crippen molar-refractivity contribution < 1.29 is 36.2 Å². The summed E-state index contributed by atoms with van der Waals surface area (Å²) < 4.78 is 67.0. The molecule has 2 N–H and O–H groups in total. The number of methoxy groups -OCH3 is 1. The molecule has 12 heteroatoms. The number of benzene rings is 2. The van der Waals surface area contributed by atoms with E-state index in [0.717, 1.165) is 0 Å². The first-order valence-electron chi connectivity index (χ1n) is 8.07. The first-order chi connectivity index (χ1) is 13.7. The average molecular weight is 449 g/mol. The van der Waals surface area contributed by atoms with E-state index in [4.69, 9.17) is 21.1 Å². The van der Waals surface area contributed by atoms with Gasteiger partial charge in [0.2, 0.25) is 10.0 Å². The van der Waals surface area contributed by atoms with Crippen LogP contribution in [0, 0.1) is 0 Å². The fraction of sp³-hybridized carbons (Fsp3) is 0.235. The Bertz CT molecular complexity index is 1050. The molecule has 8 nitrogen and oxygen atoms in total. The Hall–Kier alpha value is -2.63. The zero-order chi connectivity index (χ0) is 21.2. The van der Waals surface area contributed by atoms with E-state index in [1.165, 1.54) is 37.4 Å². The summed E-state index contributed by atoms with van der Waals surface area (Å²) in [4.78, 5) is 11.1. The summed E-state index contributed by atoms with van der Waals surface area (Å²) in [6.07, 6.45) is 0. The van der Waals surface area contributed by atoms with Gasteiger partial charge >= 0.3 is 6.61 Å². The number of ether oxygens (including phenoxy) is 3. The number of carbonyl (C=O) groups excluding carboxylic acids is 1. The fourth-order valence-corrected chi connectivity index (χ4v) is 4.12. The summed E-state index contributed by atoms with van der Waals surface area (Å²) in [5.74, 6) is -0.357. The number of halogens is 3. The Kier molecular flexibility index (Phi) is 6.10. The third-order valence-corrected chi connectivity index (χ3v) is 5.73. The van der Waals surface area contributed by atoms with E-state index in [0.29, 0.717) is 5.56 Å². The van der Waals surface area contributed by atoms with Gasteiger partial charge in [0.05, 0.1) is 17.8 Å². The number of fused-ring (bicyclic) bond motifs is 1. The predicted molar refractivity (Wildman–Crippen MR) is 99.2 cm³/mol. The molecule has 0 atom stereocenters. The molecular weight excluding hydrogens is 434 g/mol. The number of anilines is 1. The maximum Gasteiger partial charge on any atom is 0.387 e. The molecule has 2 aromatic carbocycles. The molecule has 0 spiro atoms. The molecule has 29 heavy (non-hydrogen) atoms. The predicted octanol–water partition coefficient (Wildman–Crippen LogP) is 2.76.